The van der Waals surface area contributed by atoms with Crippen LogP contribution in [0.5, 0.6) is 0 Å². The minimum absolute atomic E-state index is 0.214. The first-order valence-corrected chi connectivity index (χ1v) is 6.08. The number of aromatic nitrogens is 1. The summed E-state index contributed by atoms with van der Waals surface area (Å²) in [5.41, 5.74) is 2.24. The highest BCUT2D eigenvalue weighted by Gasteiger charge is 2.11. The first-order valence-electron chi connectivity index (χ1n) is 6.08. The number of carbonyl (C=O) groups is 2. The van der Waals surface area contributed by atoms with Gasteiger partial charge in [0.2, 0.25) is 0 Å². The lowest BCUT2D eigenvalue weighted by molar-refractivity contribution is -0.139. The number of hydrogen-bond acceptors (Lipinski definition) is 4. The number of benzene rings is 1. The first-order chi connectivity index (χ1) is 9.65. The number of carbonyl (C=O) groups excluding carboxylic acids is 2. The topological polar surface area (TPSA) is 68.4 Å². The monoisotopic (exact) mass is 273 g/mol. The lowest BCUT2D eigenvalue weighted by atomic mass is 10.1. The molecule has 1 N–H and O–H groups in total. The van der Waals surface area contributed by atoms with Crippen LogP contribution < -0.4 is 0 Å². The van der Waals surface area contributed by atoms with E-state index in [1.807, 2.05) is 24.3 Å². The summed E-state index contributed by atoms with van der Waals surface area (Å²) < 4.78 is 9.29. The third kappa shape index (κ3) is 2.88. The van der Waals surface area contributed by atoms with Gasteiger partial charge in [-0.15, -0.1) is 0 Å². The van der Waals surface area contributed by atoms with Gasteiger partial charge in [-0.1, -0.05) is 18.2 Å². The van der Waals surface area contributed by atoms with Crippen molar-refractivity contribution in [3.8, 4) is 0 Å². The van der Waals surface area contributed by atoms with Crippen LogP contribution in [0.3, 0.4) is 0 Å². The second-order valence-corrected chi connectivity index (χ2v) is 4.18. The van der Waals surface area contributed by atoms with Gasteiger partial charge in [0, 0.05) is 17.1 Å². The Morgan fingerprint density at radius 3 is 2.75 bits per heavy atom. The molecule has 0 aliphatic heterocycles. The van der Waals surface area contributed by atoms with Crippen LogP contribution in [-0.4, -0.2) is 31.1 Å². The smallest absolute Gasteiger partial charge is 0.340 e. The molecule has 0 spiro atoms. The van der Waals surface area contributed by atoms with Gasteiger partial charge in [0.05, 0.1) is 26.2 Å². The maximum atomic E-state index is 11.6. The summed E-state index contributed by atoms with van der Waals surface area (Å²) in [6, 6.07) is 5.64. The van der Waals surface area contributed by atoms with E-state index in [0.29, 0.717) is 5.56 Å². The zero-order chi connectivity index (χ0) is 14.5. The molecule has 0 aliphatic rings. The molecule has 0 unspecified atom stereocenters. The molecule has 0 saturated heterocycles. The van der Waals surface area contributed by atoms with Crippen LogP contribution >= 0.6 is 0 Å². The fourth-order valence-electron chi connectivity index (χ4n) is 1.90. The van der Waals surface area contributed by atoms with E-state index in [1.165, 1.54) is 14.2 Å². The van der Waals surface area contributed by atoms with Crippen LogP contribution in [0.2, 0.25) is 0 Å². The number of nitrogens with one attached hydrogen (secondary N) is 1. The Morgan fingerprint density at radius 2 is 2.05 bits per heavy atom. The van der Waals surface area contributed by atoms with E-state index < -0.39 is 0 Å². The van der Waals surface area contributed by atoms with Crippen molar-refractivity contribution >= 4 is 28.9 Å². The predicted molar refractivity (Wildman–Crippen MR) is 75.3 cm³/mol. The largest absolute Gasteiger partial charge is 0.469 e. The summed E-state index contributed by atoms with van der Waals surface area (Å²) in [5.74, 6) is -0.675. The summed E-state index contributed by atoms with van der Waals surface area (Å²) in [6.07, 6.45) is 5.37. The molecule has 1 aromatic heterocycles. The fourth-order valence-corrected chi connectivity index (χ4v) is 1.90. The maximum Gasteiger partial charge on any atom is 0.340 e. The Balaban J connectivity index is 2.28. The molecule has 1 heterocycles. The number of rotatable bonds is 4. The highest BCUT2D eigenvalue weighted by Crippen LogP contribution is 2.21. The number of aromatic amines is 1. The van der Waals surface area contributed by atoms with Gasteiger partial charge in [-0.05, 0) is 17.7 Å². The summed E-state index contributed by atoms with van der Waals surface area (Å²) >= 11 is 0. The molecule has 0 amide bonds. The number of fused-ring (bicyclic) bond motifs is 1. The standard InChI is InChI=1S/C15H15NO4/c1-19-14(17)5-3-4-10-6-7-13-11(8-10)12(9-16-13)15(18)20-2/h3-4,6-9,16H,5H2,1-2H3. The molecule has 0 radical (unpaired) electrons. The SMILES string of the molecule is COC(=O)CC=Cc1ccc2[nH]cc(C(=O)OC)c2c1. The van der Waals surface area contributed by atoms with E-state index in [4.69, 9.17) is 4.74 Å². The van der Waals surface area contributed by atoms with Crippen LogP contribution in [0.1, 0.15) is 22.3 Å². The van der Waals surface area contributed by atoms with E-state index in [0.717, 1.165) is 16.5 Å². The van der Waals surface area contributed by atoms with Crippen molar-refractivity contribution in [3.05, 3.63) is 41.6 Å². The Hall–Kier alpha value is -2.56. The average Bonchev–Trinajstić information content (AvgIpc) is 2.89. The molecule has 0 fully saturated rings. The van der Waals surface area contributed by atoms with Crippen molar-refractivity contribution in [2.45, 2.75) is 6.42 Å². The average molecular weight is 273 g/mol. The van der Waals surface area contributed by atoms with Gasteiger partial charge in [-0.2, -0.15) is 0 Å². The van der Waals surface area contributed by atoms with E-state index in [9.17, 15) is 9.59 Å². The van der Waals surface area contributed by atoms with Gasteiger partial charge < -0.3 is 14.5 Å². The van der Waals surface area contributed by atoms with Crippen molar-refractivity contribution in [1.29, 1.82) is 0 Å². The molecule has 0 atom stereocenters. The highest BCUT2D eigenvalue weighted by molar-refractivity contribution is 6.04. The third-order valence-electron chi connectivity index (χ3n) is 2.93. The molecule has 2 rings (SSSR count). The van der Waals surface area contributed by atoms with E-state index in [2.05, 4.69) is 9.72 Å². The van der Waals surface area contributed by atoms with E-state index >= 15 is 0 Å². The zero-order valence-electron chi connectivity index (χ0n) is 11.3. The highest BCUT2D eigenvalue weighted by atomic mass is 16.5. The van der Waals surface area contributed by atoms with Gasteiger partial charge in [0.15, 0.2) is 0 Å². The van der Waals surface area contributed by atoms with Gasteiger partial charge in [-0.25, -0.2) is 4.79 Å². The van der Waals surface area contributed by atoms with Crippen molar-refractivity contribution in [3.63, 3.8) is 0 Å². The Morgan fingerprint density at radius 1 is 1.25 bits per heavy atom. The summed E-state index contributed by atoms with van der Waals surface area (Å²) in [5, 5.41) is 0.789. The van der Waals surface area contributed by atoms with Crippen LogP contribution in [0.25, 0.3) is 17.0 Å². The normalized spacial score (nSPS) is 10.9. The van der Waals surface area contributed by atoms with Gasteiger partial charge >= 0.3 is 11.9 Å². The Bertz CT molecular complexity index is 670. The van der Waals surface area contributed by atoms with Crippen molar-refractivity contribution in [2.24, 2.45) is 0 Å². The van der Waals surface area contributed by atoms with Gasteiger partial charge in [0.25, 0.3) is 0 Å². The predicted octanol–water partition coefficient (Wildman–Crippen LogP) is 2.53. The maximum absolute atomic E-state index is 11.6. The lowest BCUT2D eigenvalue weighted by Gasteiger charge is -1.99. The fraction of sp³-hybridized carbons (Fsp3) is 0.200. The molecule has 0 saturated carbocycles. The van der Waals surface area contributed by atoms with Crippen LogP contribution in [0, 0.1) is 0 Å². The Kier molecular flexibility index (Phi) is 4.20. The second-order valence-electron chi connectivity index (χ2n) is 4.18. The minimum Gasteiger partial charge on any atom is -0.469 e. The number of ether oxygens (including phenoxy) is 2. The first kappa shape index (κ1) is 13.9. The molecule has 0 bridgehead atoms. The number of hydrogen-bond donors (Lipinski definition) is 1. The van der Waals surface area contributed by atoms with Crippen LogP contribution in [0.4, 0.5) is 0 Å². The van der Waals surface area contributed by atoms with Gasteiger partial charge in [0.1, 0.15) is 0 Å². The zero-order valence-corrected chi connectivity index (χ0v) is 11.3. The quantitative estimate of drug-likeness (QED) is 0.869. The molecule has 1 aromatic carbocycles. The molecular formula is C15H15NO4. The molecule has 2 aromatic rings. The third-order valence-corrected chi connectivity index (χ3v) is 2.93. The van der Waals surface area contributed by atoms with Crippen LogP contribution in [0.15, 0.2) is 30.5 Å². The number of H-pyrrole nitrogens is 1. The lowest BCUT2D eigenvalue weighted by Crippen LogP contribution is -1.99. The summed E-state index contributed by atoms with van der Waals surface area (Å²) in [6.45, 7) is 0. The minimum atomic E-state index is -0.382. The molecule has 5 nitrogen and oxygen atoms in total. The number of methoxy groups -OCH3 is 2. The molecule has 104 valence electrons. The van der Waals surface area contributed by atoms with E-state index in [-0.39, 0.29) is 18.4 Å². The van der Waals surface area contributed by atoms with E-state index in [1.54, 1.807) is 12.3 Å². The molecule has 5 heteroatoms. The molecule has 0 aliphatic carbocycles. The van der Waals surface area contributed by atoms with Crippen molar-refractivity contribution in [2.75, 3.05) is 14.2 Å². The Labute approximate surface area is 116 Å². The second kappa shape index (κ2) is 6.06. The summed E-state index contributed by atoms with van der Waals surface area (Å²) in [4.78, 5) is 25.7. The van der Waals surface area contributed by atoms with Crippen LogP contribution in [-0.2, 0) is 14.3 Å². The van der Waals surface area contributed by atoms with Gasteiger partial charge in [-0.3, -0.25) is 4.79 Å². The number of esters is 2. The molecule has 20 heavy (non-hydrogen) atoms. The molecular weight excluding hydrogens is 258 g/mol. The van der Waals surface area contributed by atoms with Crippen molar-refractivity contribution < 1.29 is 19.1 Å². The van der Waals surface area contributed by atoms with Crippen molar-refractivity contribution in [1.82, 2.24) is 4.98 Å². The summed E-state index contributed by atoms with van der Waals surface area (Å²) in [7, 11) is 2.70.